The number of nitrogens with two attached hydrogens (primary N) is 4. The van der Waals surface area contributed by atoms with Gasteiger partial charge in [0.25, 0.3) is 0 Å². The number of rotatable bonds is 9. The molecule has 0 spiro atoms. The highest BCUT2D eigenvalue weighted by molar-refractivity contribution is 5.77. The number of carbonyl (C=O) groups excluding carboxylic acids is 1. The van der Waals surface area contributed by atoms with Crippen molar-refractivity contribution in [3.8, 4) is 0 Å². The molecule has 0 rings (SSSR count). The standard InChI is InChI=1S/C6H14N2O2.C5H10N2O3/c7-4-2-1-3-5(8)6(9)10;6-3(5(9)10)1-2-4(7)8/h5H,1-4,7-8H2,(H,9,10);3H,1-2,6H2,(H2,7,8)(H,9,10)/t5-;3-/m11/s1. The maximum absolute atomic E-state index is 10.1. The molecule has 1 amide bonds. The zero-order chi connectivity index (χ0) is 16.1. The number of aliphatic carboxylic acids is 2. The molecule has 2 atom stereocenters. The Kier molecular flexibility index (Phi) is 12.7. The zero-order valence-electron chi connectivity index (χ0n) is 11.3. The van der Waals surface area contributed by atoms with Crippen LogP contribution in [-0.2, 0) is 14.4 Å². The van der Waals surface area contributed by atoms with E-state index < -0.39 is 29.9 Å². The number of hydrogen-bond donors (Lipinski definition) is 6. The molecule has 9 nitrogen and oxygen atoms in total. The van der Waals surface area contributed by atoms with Gasteiger partial charge in [-0.3, -0.25) is 14.4 Å². The van der Waals surface area contributed by atoms with Crippen LogP contribution in [0.4, 0.5) is 0 Å². The fourth-order valence-electron chi connectivity index (χ4n) is 1.05. The van der Waals surface area contributed by atoms with Crippen LogP contribution in [-0.4, -0.2) is 46.7 Å². The van der Waals surface area contributed by atoms with E-state index in [0.29, 0.717) is 13.0 Å². The Labute approximate surface area is 117 Å². The zero-order valence-corrected chi connectivity index (χ0v) is 11.3. The molecular formula is C11H24N4O5. The lowest BCUT2D eigenvalue weighted by molar-refractivity contribution is -0.139. The molecule has 0 radical (unpaired) electrons. The van der Waals surface area contributed by atoms with Gasteiger partial charge in [0.05, 0.1) is 0 Å². The van der Waals surface area contributed by atoms with Gasteiger partial charge in [-0.15, -0.1) is 0 Å². The maximum atomic E-state index is 10.1. The molecule has 10 N–H and O–H groups in total. The third-order valence-electron chi connectivity index (χ3n) is 2.31. The molecule has 0 saturated carbocycles. The molecule has 0 aliphatic rings. The average Bonchev–Trinajstić information content (AvgIpc) is 2.36. The van der Waals surface area contributed by atoms with E-state index in [-0.39, 0.29) is 12.8 Å². The third-order valence-corrected chi connectivity index (χ3v) is 2.31. The van der Waals surface area contributed by atoms with Crippen LogP contribution in [0.1, 0.15) is 32.1 Å². The minimum atomic E-state index is -1.11. The van der Waals surface area contributed by atoms with E-state index in [1.807, 2.05) is 0 Å². The number of carboxylic acid groups (broad SMARTS) is 2. The monoisotopic (exact) mass is 292 g/mol. The minimum absolute atomic E-state index is 0.0213. The van der Waals surface area contributed by atoms with Crippen molar-refractivity contribution in [1.82, 2.24) is 0 Å². The number of carbonyl (C=O) groups is 3. The normalized spacial score (nSPS) is 12.8. The molecule has 0 heterocycles. The van der Waals surface area contributed by atoms with Gasteiger partial charge in [-0.1, -0.05) is 6.42 Å². The van der Waals surface area contributed by atoms with Gasteiger partial charge in [0.1, 0.15) is 12.1 Å². The molecule has 0 aliphatic heterocycles. The summed E-state index contributed by atoms with van der Waals surface area (Å²) in [6, 6.07) is -1.70. The van der Waals surface area contributed by atoms with E-state index in [4.69, 9.17) is 33.1 Å². The van der Waals surface area contributed by atoms with Gasteiger partial charge in [-0.2, -0.15) is 0 Å². The predicted octanol–water partition coefficient (Wildman–Crippen LogP) is -1.81. The molecule has 0 unspecified atom stereocenters. The van der Waals surface area contributed by atoms with Crippen molar-refractivity contribution < 1.29 is 24.6 Å². The largest absolute Gasteiger partial charge is 0.480 e. The van der Waals surface area contributed by atoms with Crippen LogP contribution in [0.2, 0.25) is 0 Å². The lowest BCUT2D eigenvalue weighted by Gasteiger charge is -2.03. The molecule has 9 heteroatoms. The number of carboxylic acids is 2. The van der Waals surface area contributed by atoms with Crippen LogP contribution in [0.25, 0.3) is 0 Å². The summed E-state index contributed by atoms with van der Waals surface area (Å²) in [7, 11) is 0. The third kappa shape index (κ3) is 14.4. The molecule has 20 heavy (non-hydrogen) atoms. The van der Waals surface area contributed by atoms with Crippen molar-refractivity contribution in [3.63, 3.8) is 0 Å². The Morgan fingerprint density at radius 2 is 1.35 bits per heavy atom. The second kappa shape index (κ2) is 12.3. The van der Waals surface area contributed by atoms with Gasteiger partial charge in [0.15, 0.2) is 0 Å². The number of primary amides is 1. The lowest BCUT2D eigenvalue weighted by Crippen LogP contribution is -2.31. The van der Waals surface area contributed by atoms with Crippen molar-refractivity contribution in [3.05, 3.63) is 0 Å². The van der Waals surface area contributed by atoms with Gasteiger partial charge in [0.2, 0.25) is 5.91 Å². The Morgan fingerprint density at radius 3 is 1.70 bits per heavy atom. The van der Waals surface area contributed by atoms with Crippen LogP contribution < -0.4 is 22.9 Å². The lowest BCUT2D eigenvalue weighted by atomic mass is 10.1. The summed E-state index contributed by atoms with van der Waals surface area (Å²) < 4.78 is 0. The molecule has 0 aromatic rings. The van der Waals surface area contributed by atoms with E-state index in [1.54, 1.807) is 0 Å². The minimum Gasteiger partial charge on any atom is -0.480 e. The topological polar surface area (TPSA) is 196 Å². The molecule has 0 aromatic carbocycles. The van der Waals surface area contributed by atoms with E-state index in [1.165, 1.54) is 0 Å². The van der Waals surface area contributed by atoms with E-state index in [0.717, 1.165) is 12.8 Å². The van der Waals surface area contributed by atoms with Crippen molar-refractivity contribution in [1.29, 1.82) is 0 Å². The summed E-state index contributed by atoms with van der Waals surface area (Å²) in [6.07, 6.45) is 2.29. The summed E-state index contributed by atoms with van der Waals surface area (Å²) >= 11 is 0. The van der Waals surface area contributed by atoms with Crippen LogP contribution in [0.3, 0.4) is 0 Å². The summed E-state index contributed by atoms with van der Waals surface area (Å²) in [5, 5.41) is 16.5. The van der Waals surface area contributed by atoms with Crippen molar-refractivity contribution in [2.45, 2.75) is 44.2 Å². The van der Waals surface area contributed by atoms with E-state index >= 15 is 0 Å². The maximum Gasteiger partial charge on any atom is 0.320 e. The van der Waals surface area contributed by atoms with E-state index in [2.05, 4.69) is 0 Å². The summed E-state index contributed by atoms with van der Waals surface area (Å²) in [5.74, 6) is -2.57. The Bertz CT molecular complexity index is 311. The number of hydrogen-bond acceptors (Lipinski definition) is 6. The second-order valence-corrected chi connectivity index (χ2v) is 4.18. The second-order valence-electron chi connectivity index (χ2n) is 4.18. The molecule has 0 bridgehead atoms. The summed E-state index contributed by atoms with van der Waals surface area (Å²) in [4.78, 5) is 30.3. The quantitative estimate of drug-likeness (QED) is 0.267. The Morgan fingerprint density at radius 1 is 0.900 bits per heavy atom. The van der Waals surface area contributed by atoms with Gasteiger partial charge >= 0.3 is 11.9 Å². The predicted molar refractivity (Wildman–Crippen MR) is 72.6 cm³/mol. The average molecular weight is 292 g/mol. The van der Waals surface area contributed by atoms with Gasteiger partial charge in [0, 0.05) is 6.42 Å². The smallest absolute Gasteiger partial charge is 0.320 e. The first kappa shape index (κ1) is 20.6. The number of unbranched alkanes of at least 4 members (excludes halogenated alkanes) is 1. The van der Waals surface area contributed by atoms with Gasteiger partial charge in [-0.25, -0.2) is 0 Å². The first-order chi connectivity index (χ1) is 9.22. The van der Waals surface area contributed by atoms with Crippen molar-refractivity contribution in [2.24, 2.45) is 22.9 Å². The van der Waals surface area contributed by atoms with E-state index in [9.17, 15) is 14.4 Å². The first-order valence-electron chi connectivity index (χ1n) is 6.17. The highest BCUT2D eigenvalue weighted by atomic mass is 16.4. The molecule has 0 fully saturated rings. The first-order valence-corrected chi connectivity index (χ1v) is 6.17. The van der Waals surface area contributed by atoms with Gasteiger partial charge < -0.3 is 33.1 Å². The van der Waals surface area contributed by atoms with Crippen LogP contribution in [0.15, 0.2) is 0 Å². The molecule has 0 aliphatic carbocycles. The Hall–Kier alpha value is -1.71. The summed E-state index contributed by atoms with van der Waals surface area (Å²) in [5.41, 5.74) is 20.2. The molecule has 118 valence electrons. The van der Waals surface area contributed by atoms with Crippen molar-refractivity contribution >= 4 is 17.8 Å². The highest BCUT2D eigenvalue weighted by Gasteiger charge is 2.11. The molecule has 0 saturated heterocycles. The SMILES string of the molecule is NC(=O)CC[C@@H](N)C(=O)O.NCCCC[C@@H](N)C(=O)O. The van der Waals surface area contributed by atoms with Gasteiger partial charge in [-0.05, 0) is 25.8 Å². The molecular weight excluding hydrogens is 268 g/mol. The fraction of sp³-hybridized carbons (Fsp3) is 0.727. The number of amides is 1. The van der Waals surface area contributed by atoms with Crippen LogP contribution in [0.5, 0.6) is 0 Å². The molecule has 0 aromatic heterocycles. The fourth-order valence-corrected chi connectivity index (χ4v) is 1.05. The van der Waals surface area contributed by atoms with Crippen molar-refractivity contribution in [2.75, 3.05) is 6.54 Å². The van der Waals surface area contributed by atoms with Crippen LogP contribution in [0, 0.1) is 0 Å². The highest BCUT2D eigenvalue weighted by Crippen LogP contribution is 1.97. The Balaban J connectivity index is 0. The summed E-state index contributed by atoms with van der Waals surface area (Å²) in [6.45, 7) is 0.604. The van der Waals surface area contributed by atoms with Crippen LogP contribution >= 0.6 is 0 Å².